The number of hydrogen-bond donors (Lipinski definition) is 2. The quantitative estimate of drug-likeness (QED) is 0.385. The van der Waals surface area contributed by atoms with Crippen LogP contribution in [0.15, 0.2) is 25.6 Å². The molecule has 0 heterocycles. The second-order valence-corrected chi connectivity index (χ2v) is 1.13. The highest BCUT2D eigenvalue weighted by Gasteiger charge is 1.89. The van der Waals surface area contributed by atoms with Crippen molar-refractivity contribution in [3.63, 3.8) is 0 Å². The fraction of sp³-hybridized carbons (Fsp3) is 0. The number of rotatable bonds is 3. The van der Waals surface area contributed by atoms with Gasteiger partial charge in [0.2, 0.25) is 0 Å². The summed E-state index contributed by atoms with van der Waals surface area (Å²) < 4.78 is 0. The molecule has 8 heavy (non-hydrogen) atoms. The summed E-state index contributed by atoms with van der Waals surface area (Å²) in [5.41, 5.74) is 0. The van der Waals surface area contributed by atoms with E-state index in [4.69, 9.17) is 11.7 Å². The average Bonchev–Trinajstić information content (AvgIpc) is 1.84. The number of hydrazine groups is 3. The van der Waals surface area contributed by atoms with Crippen LogP contribution in [-0.2, 0) is 0 Å². The summed E-state index contributed by atoms with van der Waals surface area (Å²) in [6.45, 7) is 6.72. The van der Waals surface area contributed by atoms with Gasteiger partial charge in [0, 0.05) is 12.4 Å². The van der Waals surface area contributed by atoms with Gasteiger partial charge in [0.1, 0.15) is 0 Å². The van der Waals surface area contributed by atoms with E-state index in [0.717, 1.165) is 10.2 Å². The van der Waals surface area contributed by atoms with Crippen molar-refractivity contribution in [1.82, 2.24) is 10.2 Å². The maximum absolute atomic E-state index is 5.17. The zero-order chi connectivity index (χ0) is 6.57. The van der Waals surface area contributed by atoms with Gasteiger partial charge in [0.05, 0.1) is 0 Å². The van der Waals surface area contributed by atoms with Gasteiger partial charge in [-0.2, -0.15) is 0 Å². The first-order chi connectivity index (χ1) is 3.72. The topological polar surface area (TPSA) is 58.5 Å². The molecule has 0 spiro atoms. The van der Waals surface area contributed by atoms with Crippen molar-refractivity contribution in [3.05, 3.63) is 25.6 Å². The fourth-order valence-electron chi connectivity index (χ4n) is 0.189. The number of nitrogens with two attached hydrogens (primary N) is 2. The summed E-state index contributed by atoms with van der Waals surface area (Å²) >= 11 is 0. The molecule has 0 aromatic rings. The lowest BCUT2D eigenvalue weighted by Gasteiger charge is -2.21. The Morgan fingerprint density at radius 3 is 1.38 bits per heavy atom. The molecule has 4 N–H and O–H groups in total. The molecule has 0 radical (unpaired) electrons. The Morgan fingerprint density at radius 1 is 1.00 bits per heavy atom. The van der Waals surface area contributed by atoms with Crippen LogP contribution >= 0.6 is 0 Å². The highest BCUT2D eigenvalue weighted by atomic mass is 15.8. The van der Waals surface area contributed by atoms with Crippen molar-refractivity contribution in [2.75, 3.05) is 0 Å². The van der Waals surface area contributed by atoms with Crippen molar-refractivity contribution in [3.8, 4) is 0 Å². The zero-order valence-electron chi connectivity index (χ0n) is 4.62. The molecule has 0 rings (SSSR count). The predicted octanol–water partition coefficient (Wildman–Crippen LogP) is -0.460. The van der Waals surface area contributed by atoms with Crippen LogP contribution in [0.5, 0.6) is 0 Å². The van der Waals surface area contributed by atoms with E-state index in [2.05, 4.69) is 13.2 Å². The highest BCUT2D eigenvalue weighted by molar-refractivity contribution is 4.66. The van der Waals surface area contributed by atoms with E-state index in [0.29, 0.717) is 0 Å². The van der Waals surface area contributed by atoms with Gasteiger partial charge >= 0.3 is 0 Å². The molecule has 0 bridgehead atoms. The van der Waals surface area contributed by atoms with Crippen molar-refractivity contribution < 1.29 is 0 Å². The minimum absolute atomic E-state index is 1.10. The van der Waals surface area contributed by atoms with Gasteiger partial charge in [0.15, 0.2) is 0 Å². The molecular weight excluding hydrogens is 104 g/mol. The van der Waals surface area contributed by atoms with E-state index in [1.807, 2.05) is 0 Å². The Kier molecular flexibility index (Phi) is 2.68. The molecule has 0 aliphatic rings. The summed E-state index contributed by atoms with van der Waals surface area (Å²) in [6.07, 6.45) is 2.73. The molecule has 0 atom stereocenters. The largest absolute Gasteiger partial charge is 0.227 e. The molecule has 46 valence electrons. The average molecular weight is 114 g/mol. The Hall–Kier alpha value is -1.00. The second kappa shape index (κ2) is 3.06. The molecule has 4 heteroatoms. The molecule has 0 saturated carbocycles. The Morgan fingerprint density at radius 2 is 1.25 bits per heavy atom. The molecule has 0 amide bonds. The highest BCUT2D eigenvalue weighted by Crippen LogP contribution is 1.79. The van der Waals surface area contributed by atoms with E-state index in [1.165, 1.54) is 12.4 Å². The maximum atomic E-state index is 5.17. The summed E-state index contributed by atoms with van der Waals surface area (Å²) in [6, 6.07) is 0. The molecule has 0 aromatic heterocycles. The van der Waals surface area contributed by atoms with Crippen molar-refractivity contribution in [2.24, 2.45) is 11.7 Å². The minimum atomic E-state index is 1.10. The van der Waals surface area contributed by atoms with E-state index in [-0.39, 0.29) is 0 Å². The van der Waals surface area contributed by atoms with Gasteiger partial charge in [-0.3, -0.25) is 0 Å². The SMILES string of the molecule is C=CN(N)N(N)C=C. The Bertz CT molecular complexity index is 78.0. The molecule has 0 aliphatic heterocycles. The normalized spacial score (nSPS) is 7.75. The van der Waals surface area contributed by atoms with E-state index in [9.17, 15) is 0 Å². The smallest absolute Gasteiger partial charge is 0.0338 e. The molecule has 0 saturated heterocycles. The van der Waals surface area contributed by atoms with Crippen LogP contribution in [-0.4, -0.2) is 10.2 Å². The summed E-state index contributed by atoms with van der Waals surface area (Å²) in [7, 11) is 0. The molecule has 0 aliphatic carbocycles. The van der Waals surface area contributed by atoms with Gasteiger partial charge in [-0.15, -0.1) is 0 Å². The van der Waals surface area contributed by atoms with Gasteiger partial charge in [-0.25, -0.2) is 21.9 Å². The fourth-order valence-corrected chi connectivity index (χ4v) is 0.189. The number of nitrogens with zero attached hydrogens (tertiary/aromatic N) is 2. The first-order valence-corrected chi connectivity index (χ1v) is 2.05. The molecular formula is C4H10N4. The predicted molar refractivity (Wildman–Crippen MR) is 32.4 cm³/mol. The van der Waals surface area contributed by atoms with Crippen molar-refractivity contribution >= 4 is 0 Å². The molecule has 0 aromatic carbocycles. The third-order valence-electron chi connectivity index (χ3n) is 0.641. The summed E-state index contributed by atoms with van der Waals surface area (Å²) in [5, 5.41) is 2.21. The van der Waals surface area contributed by atoms with Crippen LogP contribution in [0.25, 0.3) is 0 Å². The van der Waals surface area contributed by atoms with Gasteiger partial charge in [0.25, 0.3) is 0 Å². The van der Waals surface area contributed by atoms with E-state index in [1.54, 1.807) is 0 Å². The van der Waals surface area contributed by atoms with Crippen LogP contribution in [0.4, 0.5) is 0 Å². The van der Waals surface area contributed by atoms with Crippen LogP contribution in [0.1, 0.15) is 0 Å². The third kappa shape index (κ3) is 1.63. The lowest BCUT2D eigenvalue weighted by Crippen LogP contribution is -2.44. The van der Waals surface area contributed by atoms with Crippen molar-refractivity contribution in [2.45, 2.75) is 0 Å². The summed E-state index contributed by atoms with van der Waals surface area (Å²) in [5.74, 6) is 10.3. The lowest BCUT2D eigenvalue weighted by atomic mass is 11.0. The third-order valence-corrected chi connectivity index (χ3v) is 0.641. The van der Waals surface area contributed by atoms with Crippen LogP contribution in [0.3, 0.4) is 0 Å². The zero-order valence-corrected chi connectivity index (χ0v) is 4.62. The second-order valence-electron chi connectivity index (χ2n) is 1.13. The Labute approximate surface area is 48.6 Å². The van der Waals surface area contributed by atoms with Gasteiger partial charge in [-0.05, 0) is 0 Å². The minimum Gasteiger partial charge on any atom is -0.227 e. The van der Waals surface area contributed by atoms with Crippen LogP contribution < -0.4 is 11.7 Å². The monoisotopic (exact) mass is 114 g/mol. The standard InChI is InChI=1S/C4H10N4/c1-3-7(5)8(6)4-2/h3-4H,1-2,5-6H2. The molecule has 0 unspecified atom stereocenters. The van der Waals surface area contributed by atoms with E-state index >= 15 is 0 Å². The number of hydrogen-bond acceptors (Lipinski definition) is 4. The molecule has 0 fully saturated rings. The van der Waals surface area contributed by atoms with Gasteiger partial charge in [-0.1, -0.05) is 13.2 Å². The van der Waals surface area contributed by atoms with Crippen LogP contribution in [0, 0.1) is 0 Å². The van der Waals surface area contributed by atoms with Crippen molar-refractivity contribution in [1.29, 1.82) is 0 Å². The van der Waals surface area contributed by atoms with E-state index < -0.39 is 0 Å². The van der Waals surface area contributed by atoms with Crippen LogP contribution in [0.2, 0.25) is 0 Å². The molecule has 4 nitrogen and oxygen atoms in total. The first-order valence-electron chi connectivity index (χ1n) is 2.05. The van der Waals surface area contributed by atoms with Gasteiger partial charge < -0.3 is 0 Å². The maximum Gasteiger partial charge on any atom is 0.0338 e. The summed E-state index contributed by atoms with van der Waals surface area (Å²) in [4.78, 5) is 0. The lowest BCUT2D eigenvalue weighted by molar-refractivity contribution is 0.0783. The first kappa shape index (κ1) is 7.00. The Balaban J connectivity index is 3.60.